The van der Waals surface area contributed by atoms with Crippen LogP contribution in [0.3, 0.4) is 0 Å². The van der Waals surface area contributed by atoms with E-state index < -0.39 is 16.8 Å². The van der Waals surface area contributed by atoms with E-state index in [0.29, 0.717) is 12.8 Å². The fourth-order valence-electron chi connectivity index (χ4n) is 3.00. The Morgan fingerprint density at radius 2 is 2.06 bits per heavy atom. The van der Waals surface area contributed by atoms with Gasteiger partial charge in [-0.2, -0.15) is 0 Å². The van der Waals surface area contributed by atoms with Crippen molar-refractivity contribution in [3.8, 4) is 0 Å². The summed E-state index contributed by atoms with van der Waals surface area (Å²) in [4.78, 5) is 23.9. The number of carboxylic acids is 1. The summed E-state index contributed by atoms with van der Waals surface area (Å²) in [7, 11) is 0. The third-order valence-electron chi connectivity index (χ3n) is 4.83. The number of carbonyl (C=O) groups is 2. The zero-order valence-corrected chi connectivity index (χ0v) is 11.7. The minimum absolute atomic E-state index is 0.125. The summed E-state index contributed by atoms with van der Waals surface area (Å²) < 4.78 is 0. The highest BCUT2D eigenvalue weighted by molar-refractivity contribution is 8.03. The highest BCUT2D eigenvalue weighted by Crippen LogP contribution is 2.56. The second kappa shape index (κ2) is 4.30. The van der Waals surface area contributed by atoms with E-state index in [1.165, 1.54) is 11.8 Å². The molecular weight excluding hydrogens is 250 g/mol. The van der Waals surface area contributed by atoms with Crippen LogP contribution >= 0.6 is 11.8 Å². The van der Waals surface area contributed by atoms with Crippen molar-refractivity contribution in [2.24, 2.45) is 16.7 Å². The van der Waals surface area contributed by atoms with Crippen LogP contribution in [0.4, 0.5) is 0 Å². The molecule has 1 saturated carbocycles. The minimum atomic E-state index is -0.815. The molecule has 4 nitrogen and oxygen atoms in total. The molecule has 5 heteroatoms. The van der Waals surface area contributed by atoms with Crippen LogP contribution in [0.1, 0.15) is 33.6 Å². The Balaban J connectivity index is 2.21. The fourth-order valence-corrected chi connectivity index (χ4v) is 3.77. The number of Topliss-reactive ketones (excluding diaryl/α,β-unsaturated/α-hetero) is 1. The summed E-state index contributed by atoms with van der Waals surface area (Å²) in [6.45, 7) is 5.57. The largest absolute Gasteiger partial charge is 0.481 e. The molecule has 2 aliphatic rings. The van der Waals surface area contributed by atoms with Gasteiger partial charge in [0.2, 0.25) is 0 Å². The lowest BCUT2D eigenvalue weighted by molar-refractivity contribution is -0.155. The molecule has 0 spiro atoms. The molecule has 1 aliphatic heterocycles. The van der Waals surface area contributed by atoms with Crippen LogP contribution in [0.25, 0.3) is 0 Å². The number of carbonyl (C=O) groups excluding carboxylic acids is 1. The van der Waals surface area contributed by atoms with Crippen molar-refractivity contribution >= 4 is 23.5 Å². The molecule has 0 aromatic carbocycles. The molecule has 1 fully saturated rings. The number of ketones is 1. The molecule has 0 saturated heterocycles. The van der Waals surface area contributed by atoms with E-state index >= 15 is 0 Å². The van der Waals surface area contributed by atoms with Gasteiger partial charge < -0.3 is 10.4 Å². The van der Waals surface area contributed by atoms with Gasteiger partial charge in [-0.05, 0) is 30.6 Å². The van der Waals surface area contributed by atoms with Gasteiger partial charge in [0.15, 0.2) is 5.78 Å². The number of hydrogen-bond donors (Lipinski definition) is 2. The first-order valence-corrected chi connectivity index (χ1v) is 7.08. The minimum Gasteiger partial charge on any atom is -0.481 e. The quantitative estimate of drug-likeness (QED) is 0.822. The van der Waals surface area contributed by atoms with Crippen molar-refractivity contribution in [1.82, 2.24) is 5.32 Å². The van der Waals surface area contributed by atoms with Crippen molar-refractivity contribution in [1.29, 1.82) is 0 Å². The predicted octanol–water partition coefficient (Wildman–Crippen LogP) is 2.22. The maximum Gasteiger partial charge on any atom is 0.309 e. The first kappa shape index (κ1) is 13.5. The van der Waals surface area contributed by atoms with E-state index in [0.717, 1.165) is 0 Å². The summed E-state index contributed by atoms with van der Waals surface area (Å²) >= 11 is 1.46. The number of thioether (sulfide) groups is 1. The Morgan fingerprint density at radius 3 is 2.50 bits per heavy atom. The van der Waals surface area contributed by atoms with Crippen LogP contribution in [-0.2, 0) is 9.59 Å². The predicted molar refractivity (Wildman–Crippen MR) is 70.9 cm³/mol. The monoisotopic (exact) mass is 269 g/mol. The Bertz CT molecular complexity index is 410. The van der Waals surface area contributed by atoms with Crippen molar-refractivity contribution in [2.75, 3.05) is 0 Å². The second-order valence-corrected chi connectivity index (χ2v) is 6.85. The molecule has 2 rings (SSSR count). The SMILES string of the molecule is CC1(C(=O)O)CCC(C(=O)C2NC=CS2)C1(C)C. The molecule has 0 bridgehead atoms. The van der Waals surface area contributed by atoms with Crippen molar-refractivity contribution < 1.29 is 14.7 Å². The standard InChI is InChI=1S/C13H19NO3S/c1-12(2)8(4-5-13(12,3)11(16)17)9(15)10-14-6-7-18-10/h6-8,10,14H,4-5H2,1-3H3,(H,16,17). The molecule has 1 heterocycles. The normalized spacial score (nSPS) is 37.5. The first-order chi connectivity index (χ1) is 8.30. The van der Waals surface area contributed by atoms with Gasteiger partial charge in [0.25, 0.3) is 0 Å². The first-order valence-electron chi connectivity index (χ1n) is 6.14. The van der Waals surface area contributed by atoms with E-state index in [1.54, 1.807) is 13.1 Å². The number of rotatable bonds is 3. The molecule has 0 aromatic heterocycles. The van der Waals surface area contributed by atoms with Gasteiger partial charge >= 0.3 is 5.97 Å². The Kier molecular flexibility index (Phi) is 3.21. The summed E-state index contributed by atoms with van der Waals surface area (Å²) in [5.41, 5.74) is -1.33. The summed E-state index contributed by atoms with van der Waals surface area (Å²) in [5.74, 6) is -0.864. The Labute approximate surface area is 111 Å². The van der Waals surface area contributed by atoms with Crippen LogP contribution in [0.5, 0.6) is 0 Å². The van der Waals surface area contributed by atoms with Crippen LogP contribution in [-0.4, -0.2) is 22.2 Å². The number of hydrogen-bond acceptors (Lipinski definition) is 4. The van der Waals surface area contributed by atoms with E-state index in [-0.39, 0.29) is 17.1 Å². The van der Waals surface area contributed by atoms with Gasteiger partial charge in [-0.3, -0.25) is 9.59 Å². The zero-order valence-electron chi connectivity index (χ0n) is 10.9. The number of nitrogens with one attached hydrogen (secondary N) is 1. The third-order valence-corrected chi connectivity index (χ3v) is 5.76. The molecule has 0 radical (unpaired) electrons. The lowest BCUT2D eigenvalue weighted by Gasteiger charge is -2.38. The van der Waals surface area contributed by atoms with Crippen LogP contribution in [0.15, 0.2) is 11.6 Å². The second-order valence-electron chi connectivity index (χ2n) is 5.84. The smallest absolute Gasteiger partial charge is 0.309 e. The summed E-state index contributed by atoms with van der Waals surface area (Å²) in [6.07, 6.45) is 3.00. The lowest BCUT2D eigenvalue weighted by atomic mass is 9.65. The molecule has 100 valence electrons. The van der Waals surface area contributed by atoms with E-state index in [9.17, 15) is 14.7 Å². The summed E-state index contributed by atoms with van der Waals surface area (Å²) in [5, 5.41) is 14.1. The van der Waals surface area contributed by atoms with E-state index in [4.69, 9.17) is 0 Å². The molecule has 2 N–H and O–H groups in total. The van der Waals surface area contributed by atoms with Gasteiger partial charge in [0.05, 0.1) is 5.41 Å². The van der Waals surface area contributed by atoms with Crippen molar-refractivity contribution in [2.45, 2.75) is 39.0 Å². The number of carboxylic acid groups (broad SMARTS) is 1. The summed E-state index contributed by atoms with van der Waals surface area (Å²) in [6, 6.07) is 0. The molecule has 0 amide bonds. The highest BCUT2D eigenvalue weighted by Gasteiger charge is 2.58. The van der Waals surface area contributed by atoms with Gasteiger partial charge in [-0.1, -0.05) is 25.6 Å². The van der Waals surface area contributed by atoms with Gasteiger partial charge in [0.1, 0.15) is 5.37 Å². The fraction of sp³-hybridized carbons (Fsp3) is 0.692. The zero-order chi connectivity index (χ0) is 13.6. The van der Waals surface area contributed by atoms with Crippen LogP contribution in [0.2, 0.25) is 0 Å². The Hall–Kier alpha value is -0.970. The molecule has 3 atom stereocenters. The average Bonchev–Trinajstić information content (AvgIpc) is 2.87. The van der Waals surface area contributed by atoms with Crippen LogP contribution < -0.4 is 5.32 Å². The van der Waals surface area contributed by atoms with Crippen molar-refractivity contribution in [3.05, 3.63) is 11.6 Å². The molecule has 18 heavy (non-hydrogen) atoms. The van der Waals surface area contributed by atoms with E-state index in [1.807, 2.05) is 19.3 Å². The number of aliphatic carboxylic acids is 1. The Morgan fingerprint density at radius 1 is 1.39 bits per heavy atom. The van der Waals surface area contributed by atoms with Crippen molar-refractivity contribution in [3.63, 3.8) is 0 Å². The maximum absolute atomic E-state index is 12.5. The maximum atomic E-state index is 12.5. The molecule has 1 aliphatic carbocycles. The van der Waals surface area contributed by atoms with Gasteiger partial charge in [-0.15, -0.1) is 0 Å². The van der Waals surface area contributed by atoms with Gasteiger partial charge in [0, 0.05) is 12.1 Å². The lowest BCUT2D eigenvalue weighted by Crippen LogP contribution is -2.45. The third kappa shape index (κ3) is 1.76. The highest BCUT2D eigenvalue weighted by atomic mass is 32.2. The van der Waals surface area contributed by atoms with Gasteiger partial charge in [-0.25, -0.2) is 0 Å². The average molecular weight is 269 g/mol. The van der Waals surface area contributed by atoms with Crippen LogP contribution in [0, 0.1) is 16.7 Å². The van der Waals surface area contributed by atoms with E-state index in [2.05, 4.69) is 5.32 Å². The topological polar surface area (TPSA) is 66.4 Å². The molecular formula is C13H19NO3S. The molecule has 0 aromatic rings. The molecule has 3 unspecified atom stereocenters.